The fourth-order valence-electron chi connectivity index (χ4n) is 5.63. The van der Waals surface area contributed by atoms with Gasteiger partial charge in [-0.25, -0.2) is 0 Å². The third-order valence-corrected chi connectivity index (χ3v) is 7.81. The summed E-state index contributed by atoms with van der Waals surface area (Å²) in [5, 5.41) is 12.1. The summed E-state index contributed by atoms with van der Waals surface area (Å²) in [7, 11) is 0. The van der Waals surface area contributed by atoms with Gasteiger partial charge in [-0.2, -0.15) is 0 Å². The number of likely N-dealkylation sites (tertiary alicyclic amines) is 1. The van der Waals surface area contributed by atoms with Crippen LogP contribution in [0, 0.1) is 11.8 Å². The quantitative estimate of drug-likeness (QED) is 0.275. The number of benzene rings is 1. The first-order chi connectivity index (χ1) is 15.9. The molecule has 3 saturated heterocycles. The molecule has 33 heavy (non-hydrogen) atoms. The van der Waals surface area contributed by atoms with Gasteiger partial charge in [0.15, 0.2) is 0 Å². The normalized spacial score (nSPS) is 32.2. The average molecular weight is 523 g/mol. The van der Waals surface area contributed by atoms with E-state index in [4.69, 9.17) is 14.6 Å². The van der Waals surface area contributed by atoms with Crippen LogP contribution < -0.4 is 5.32 Å². The predicted molar refractivity (Wildman–Crippen MR) is 123 cm³/mol. The van der Waals surface area contributed by atoms with E-state index >= 15 is 0 Å². The van der Waals surface area contributed by atoms with Crippen molar-refractivity contribution in [1.82, 2.24) is 10.2 Å². The largest absolute Gasteiger partial charge is 0.466 e. The Hall–Kier alpha value is -1.97. The standard InChI is InChI=1S/C24H31BrN2O6/c1-2-32-23(31)17-18-22(30)27(11-7-4-8-12-28)20(24(18)13-16(25)19(17)33-24)21(29)26-14-15-9-5-3-6-10-15/h3,5-6,9-10,16-20,28H,2,4,7-8,11-14H2,1H3,(H,26,29)/t16?,17-,18+,19-,20-,24+/m0/s1. The van der Waals surface area contributed by atoms with Crippen LogP contribution in [0.15, 0.2) is 30.3 Å². The number of hydrogen-bond donors (Lipinski definition) is 2. The maximum Gasteiger partial charge on any atom is 0.312 e. The van der Waals surface area contributed by atoms with Crippen LogP contribution in [-0.2, 0) is 30.4 Å². The monoisotopic (exact) mass is 522 g/mol. The van der Waals surface area contributed by atoms with Gasteiger partial charge in [-0.3, -0.25) is 14.4 Å². The van der Waals surface area contributed by atoms with E-state index in [2.05, 4.69) is 21.2 Å². The Balaban J connectivity index is 1.61. The van der Waals surface area contributed by atoms with Crippen LogP contribution in [0.1, 0.15) is 38.2 Å². The number of esters is 1. The second-order valence-electron chi connectivity index (χ2n) is 8.93. The van der Waals surface area contributed by atoms with Crippen molar-refractivity contribution < 1.29 is 29.0 Å². The number of nitrogens with zero attached hydrogens (tertiary/aromatic N) is 1. The number of aliphatic hydroxyl groups excluding tert-OH is 1. The number of carbonyl (C=O) groups excluding carboxylic acids is 3. The molecule has 8 nitrogen and oxygen atoms in total. The Labute approximate surface area is 202 Å². The highest BCUT2D eigenvalue weighted by molar-refractivity contribution is 9.09. The zero-order chi connectivity index (χ0) is 23.6. The molecular weight excluding hydrogens is 492 g/mol. The van der Waals surface area contributed by atoms with Crippen molar-refractivity contribution in [1.29, 1.82) is 0 Å². The summed E-state index contributed by atoms with van der Waals surface area (Å²) in [6.45, 7) is 2.75. The van der Waals surface area contributed by atoms with Gasteiger partial charge in [-0.15, -0.1) is 0 Å². The van der Waals surface area contributed by atoms with Crippen LogP contribution >= 0.6 is 15.9 Å². The van der Waals surface area contributed by atoms with Gasteiger partial charge in [0.1, 0.15) is 11.6 Å². The molecule has 1 aromatic carbocycles. The fourth-order valence-corrected chi connectivity index (χ4v) is 6.57. The summed E-state index contributed by atoms with van der Waals surface area (Å²) >= 11 is 3.63. The lowest BCUT2D eigenvalue weighted by molar-refractivity contribution is -0.154. The molecule has 180 valence electrons. The Morgan fingerprint density at radius 1 is 1.27 bits per heavy atom. The molecule has 3 aliphatic heterocycles. The van der Waals surface area contributed by atoms with Gasteiger partial charge in [-0.1, -0.05) is 46.3 Å². The van der Waals surface area contributed by atoms with Crippen LogP contribution in [0.3, 0.4) is 0 Å². The van der Waals surface area contributed by atoms with Crippen molar-refractivity contribution >= 4 is 33.7 Å². The molecule has 9 heteroatoms. The van der Waals surface area contributed by atoms with Crippen molar-refractivity contribution in [2.75, 3.05) is 19.8 Å². The second kappa shape index (κ2) is 10.1. The Morgan fingerprint density at radius 2 is 2.03 bits per heavy atom. The first-order valence-corrected chi connectivity index (χ1v) is 12.6. The van der Waals surface area contributed by atoms with E-state index in [0.717, 1.165) is 12.0 Å². The molecule has 2 N–H and O–H groups in total. The molecule has 2 bridgehead atoms. The highest BCUT2D eigenvalue weighted by atomic mass is 79.9. The van der Waals surface area contributed by atoms with E-state index in [1.54, 1.807) is 11.8 Å². The molecule has 3 heterocycles. The topological polar surface area (TPSA) is 105 Å². The summed E-state index contributed by atoms with van der Waals surface area (Å²) in [6, 6.07) is 8.76. The number of aliphatic hydroxyl groups is 1. The molecule has 0 saturated carbocycles. The zero-order valence-electron chi connectivity index (χ0n) is 18.7. The minimum Gasteiger partial charge on any atom is -0.466 e. The number of unbranched alkanes of at least 4 members (excludes halogenated alkanes) is 2. The van der Waals surface area contributed by atoms with Gasteiger partial charge in [0.05, 0.1) is 24.5 Å². The minimum atomic E-state index is -1.06. The van der Waals surface area contributed by atoms with E-state index in [1.807, 2.05) is 30.3 Å². The van der Waals surface area contributed by atoms with E-state index in [-0.39, 0.29) is 29.9 Å². The lowest BCUT2D eigenvalue weighted by Crippen LogP contribution is -2.55. The molecule has 6 atom stereocenters. The van der Waals surface area contributed by atoms with Crippen LogP contribution in [0.5, 0.6) is 0 Å². The van der Waals surface area contributed by atoms with Crippen LogP contribution in [0.25, 0.3) is 0 Å². The summed E-state index contributed by atoms with van der Waals surface area (Å²) in [6.07, 6.45) is 2.00. The number of halogens is 1. The maximum absolute atomic E-state index is 13.6. The predicted octanol–water partition coefficient (Wildman–Crippen LogP) is 1.78. The SMILES string of the molecule is CCOC(=O)[C@@H]1[C@H]2O[C@@]3(CC2Br)[C@H](C(=O)NCc2ccccc2)N(CCCCCO)C(=O)[C@@H]13. The van der Waals surface area contributed by atoms with Crippen molar-refractivity contribution in [2.24, 2.45) is 11.8 Å². The molecular formula is C24H31BrN2O6. The second-order valence-corrected chi connectivity index (χ2v) is 10.1. The van der Waals surface area contributed by atoms with E-state index in [9.17, 15) is 14.4 Å². The lowest BCUT2D eigenvalue weighted by atomic mass is 9.70. The summed E-state index contributed by atoms with van der Waals surface area (Å²) in [4.78, 5) is 41.5. The third-order valence-electron chi connectivity index (χ3n) is 6.96. The number of fused-ring (bicyclic) bond motifs is 1. The molecule has 0 aromatic heterocycles. The number of hydrogen-bond acceptors (Lipinski definition) is 6. The number of carbonyl (C=O) groups is 3. The summed E-state index contributed by atoms with van der Waals surface area (Å²) in [5.74, 6) is -2.42. The average Bonchev–Trinajstić information content (AvgIpc) is 3.39. The smallest absolute Gasteiger partial charge is 0.312 e. The first kappa shape index (κ1) is 24.2. The van der Waals surface area contributed by atoms with Gasteiger partial charge >= 0.3 is 5.97 Å². The lowest BCUT2D eigenvalue weighted by Gasteiger charge is -2.34. The van der Waals surface area contributed by atoms with Gasteiger partial charge in [-0.05, 0) is 38.2 Å². The van der Waals surface area contributed by atoms with Crippen molar-refractivity contribution in [2.45, 2.75) is 61.7 Å². The third kappa shape index (κ3) is 4.31. The highest BCUT2D eigenvalue weighted by Crippen LogP contribution is 2.60. The molecule has 0 aliphatic carbocycles. The van der Waals surface area contributed by atoms with Gasteiger partial charge < -0.3 is 24.8 Å². The summed E-state index contributed by atoms with van der Waals surface area (Å²) in [5.41, 5.74) is -0.108. The van der Waals surface area contributed by atoms with Crippen LogP contribution in [-0.4, -0.2) is 70.1 Å². The molecule has 1 aromatic rings. The molecule has 3 aliphatic rings. The number of rotatable bonds is 10. The van der Waals surface area contributed by atoms with Crippen molar-refractivity contribution in [3.05, 3.63) is 35.9 Å². The van der Waals surface area contributed by atoms with Gasteiger partial charge in [0, 0.05) is 24.5 Å². The van der Waals surface area contributed by atoms with Crippen LogP contribution in [0.4, 0.5) is 0 Å². The molecule has 0 radical (unpaired) electrons. The summed E-state index contributed by atoms with van der Waals surface area (Å²) < 4.78 is 11.7. The van der Waals surface area contributed by atoms with Crippen LogP contribution in [0.2, 0.25) is 0 Å². The Bertz CT molecular complexity index is 883. The number of amides is 2. The van der Waals surface area contributed by atoms with Gasteiger partial charge in [0.25, 0.3) is 0 Å². The van der Waals surface area contributed by atoms with Gasteiger partial charge in [0.2, 0.25) is 11.8 Å². The van der Waals surface area contributed by atoms with Crippen molar-refractivity contribution in [3.63, 3.8) is 0 Å². The Kier molecular flexibility index (Phi) is 7.40. The maximum atomic E-state index is 13.6. The number of ether oxygens (including phenoxy) is 2. The Morgan fingerprint density at radius 3 is 2.73 bits per heavy atom. The van der Waals surface area contributed by atoms with Crippen molar-refractivity contribution in [3.8, 4) is 0 Å². The molecule has 2 amide bonds. The molecule has 1 unspecified atom stereocenters. The fraction of sp³-hybridized carbons (Fsp3) is 0.625. The van der Waals surface area contributed by atoms with E-state index < -0.39 is 35.6 Å². The highest BCUT2D eigenvalue weighted by Gasteiger charge is 2.76. The number of nitrogens with one attached hydrogen (secondary N) is 1. The van der Waals surface area contributed by atoms with E-state index in [1.165, 1.54) is 0 Å². The number of alkyl halides is 1. The minimum absolute atomic E-state index is 0.0858. The zero-order valence-corrected chi connectivity index (χ0v) is 20.3. The first-order valence-electron chi connectivity index (χ1n) is 11.7. The molecule has 4 rings (SSSR count). The molecule has 1 spiro atoms. The van der Waals surface area contributed by atoms with E-state index in [0.29, 0.717) is 32.4 Å². The molecule has 3 fully saturated rings.